The van der Waals surface area contributed by atoms with Gasteiger partial charge in [0.15, 0.2) is 5.78 Å². The van der Waals surface area contributed by atoms with Gasteiger partial charge in [0.2, 0.25) is 0 Å². The molecular formula is C12H13ClOS. The number of ketones is 1. The van der Waals surface area contributed by atoms with Crippen LogP contribution in [0, 0.1) is 0 Å². The van der Waals surface area contributed by atoms with E-state index in [0.717, 1.165) is 34.7 Å². The molecule has 0 aromatic carbocycles. The summed E-state index contributed by atoms with van der Waals surface area (Å²) >= 11 is 7.46. The number of Topliss-reactive ketones (excluding diaryl/α,β-unsaturated/α-hetero) is 1. The fraction of sp³-hybridized carbons (Fsp3) is 0.417. The summed E-state index contributed by atoms with van der Waals surface area (Å²) in [5.74, 6) is 0.245. The number of rotatable bonds is 3. The molecule has 0 saturated heterocycles. The van der Waals surface area contributed by atoms with E-state index in [4.69, 9.17) is 11.6 Å². The van der Waals surface area contributed by atoms with Gasteiger partial charge in [-0.25, -0.2) is 0 Å². The van der Waals surface area contributed by atoms with Crippen LogP contribution in [0.4, 0.5) is 0 Å². The van der Waals surface area contributed by atoms with Gasteiger partial charge >= 0.3 is 0 Å². The van der Waals surface area contributed by atoms with E-state index >= 15 is 0 Å². The highest BCUT2D eigenvalue weighted by atomic mass is 35.5. The van der Waals surface area contributed by atoms with Crippen molar-refractivity contribution in [2.75, 3.05) is 0 Å². The lowest BCUT2D eigenvalue weighted by Gasteiger charge is -2.10. The van der Waals surface area contributed by atoms with Crippen LogP contribution in [0.3, 0.4) is 0 Å². The van der Waals surface area contributed by atoms with E-state index < -0.39 is 0 Å². The molecule has 0 aliphatic heterocycles. The number of carbonyl (C=O) groups excluding carboxylic acids is 1. The van der Waals surface area contributed by atoms with Crippen LogP contribution in [0.1, 0.15) is 31.2 Å². The minimum atomic E-state index is 0.245. The molecule has 1 aliphatic rings. The van der Waals surface area contributed by atoms with Crippen molar-refractivity contribution in [3.63, 3.8) is 0 Å². The van der Waals surface area contributed by atoms with Gasteiger partial charge in [-0.3, -0.25) is 4.79 Å². The van der Waals surface area contributed by atoms with Gasteiger partial charge in [-0.2, -0.15) is 0 Å². The second-order valence-corrected chi connectivity index (χ2v) is 5.31. The summed E-state index contributed by atoms with van der Waals surface area (Å²) < 4.78 is 0.750. The van der Waals surface area contributed by atoms with Crippen LogP contribution in [0.25, 0.3) is 0 Å². The summed E-state index contributed by atoms with van der Waals surface area (Å²) in [6, 6.07) is 1.94. The molecule has 15 heavy (non-hydrogen) atoms. The Balaban J connectivity index is 2.03. The summed E-state index contributed by atoms with van der Waals surface area (Å²) in [5.41, 5.74) is 1.97. The molecule has 1 aromatic heterocycles. The SMILES string of the molecule is O=C(Cc1ccsc1Cl)C1=CCCCC1. The molecule has 0 unspecified atom stereocenters. The van der Waals surface area contributed by atoms with Crippen LogP contribution in [0.2, 0.25) is 4.34 Å². The Morgan fingerprint density at radius 3 is 2.93 bits per heavy atom. The molecule has 0 spiro atoms. The van der Waals surface area contributed by atoms with Crippen LogP contribution < -0.4 is 0 Å². The van der Waals surface area contributed by atoms with Gasteiger partial charge in [-0.15, -0.1) is 11.3 Å². The number of halogens is 1. The molecule has 0 N–H and O–H groups in total. The summed E-state index contributed by atoms with van der Waals surface area (Å²) in [7, 11) is 0. The zero-order chi connectivity index (χ0) is 10.7. The molecule has 0 atom stereocenters. The Kier molecular flexibility index (Phi) is 3.60. The molecule has 0 saturated carbocycles. The molecule has 0 amide bonds. The molecule has 0 fully saturated rings. The monoisotopic (exact) mass is 240 g/mol. The molecule has 1 aromatic rings. The van der Waals surface area contributed by atoms with Gasteiger partial charge in [0.05, 0.1) is 4.34 Å². The second kappa shape index (κ2) is 4.95. The summed E-state index contributed by atoms with van der Waals surface area (Å²) in [6.45, 7) is 0. The fourth-order valence-corrected chi connectivity index (χ4v) is 2.75. The third-order valence-corrected chi connectivity index (χ3v) is 3.94. The first-order valence-electron chi connectivity index (χ1n) is 5.21. The van der Waals surface area contributed by atoms with E-state index in [1.165, 1.54) is 17.8 Å². The summed E-state index contributed by atoms with van der Waals surface area (Å²) in [5, 5.41) is 1.93. The van der Waals surface area contributed by atoms with E-state index in [1.807, 2.05) is 11.4 Å². The Morgan fingerprint density at radius 1 is 1.47 bits per heavy atom. The zero-order valence-electron chi connectivity index (χ0n) is 8.46. The van der Waals surface area contributed by atoms with Crippen molar-refractivity contribution in [2.24, 2.45) is 0 Å². The Bertz CT molecular complexity index is 392. The van der Waals surface area contributed by atoms with Crippen LogP contribution in [-0.4, -0.2) is 5.78 Å². The summed E-state index contributed by atoms with van der Waals surface area (Å²) in [6.07, 6.45) is 6.92. The average Bonchev–Trinajstić information content (AvgIpc) is 2.66. The highest BCUT2D eigenvalue weighted by Crippen LogP contribution is 2.25. The Hall–Kier alpha value is -0.600. The van der Waals surface area contributed by atoms with Gasteiger partial charge in [0.25, 0.3) is 0 Å². The molecular weight excluding hydrogens is 228 g/mol. The number of hydrogen-bond donors (Lipinski definition) is 0. The van der Waals surface area contributed by atoms with E-state index in [-0.39, 0.29) is 5.78 Å². The first-order valence-corrected chi connectivity index (χ1v) is 6.47. The fourth-order valence-electron chi connectivity index (χ4n) is 1.82. The van der Waals surface area contributed by atoms with Gasteiger partial charge in [-0.05, 0) is 48.3 Å². The van der Waals surface area contributed by atoms with E-state index in [0.29, 0.717) is 6.42 Å². The van der Waals surface area contributed by atoms with Crippen molar-refractivity contribution in [2.45, 2.75) is 32.1 Å². The van der Waals surface area contributed by atoms with Crippen LogP contribution in [0.15, 0.2) is 23.1 Å². The molecule has 3 heteroatoms. The van der Waals surface area contributed by atoms with E-state index in [9.17, 15) is 4.79 Å². The highest BCUT2D eigenvalue weighted by molar-refractivity contribution is 7.14. The third kappa shape index (κ3) is 2.70. The second-order valence-electron chi connectivity index (χ2n) is 3.79. The molecule has 80 valence electrons. The Labute approximate surface area is 98.8 Å². The minimum Gasteiger partial charge on any atom is -0.294 e. The predicted molar refractivity (Wildman–Crippen MR) is 64.6 cm³/mol. The third-order valence-electron chi connectivity index (χ3n) is 2.69. The van der Waals surface area contributed by atoms with Crippen LogP contribution >= 0.6 is 22.9 Å². The number of thiophene rings is 1. The molecule has 0 radical (unpaired) electrons. The Morgan fingerprint density at radius 2 is 2.33 bits per heavy atom. The molecule has 2 rings (SSSR count). The normalized spacial score (nSPS) is 16.2. The molecule has 1 aliphatic carbocycles. The lowest BCUT2D eigenvalue weighted by molar-refractivity contribution is -0.115. The number of carbonyl (C=O) groups is 1. The highest BCUT2D eigenvalue weighted by Gasteiger charge is 2.14. The van der Waals surface area contributed by atoms with Gasteiger partial charge in [0.1, 0.15) is 0 Å². The quantitative estimate of drug-likeness (QED) is 0.780. The molecule has 1 nitrogen and oxygen atoms in total. The average molecular weight is 241 g/mol. The van der Waals surface area contributed by atoms with Crippen molar-refractivity contribution in [1.29, 1.82) is 0 Å². The standard InChI is InChI=1S/C12H13ClOS/c13-12-10(6-7-15-12)8-11(14)9-4-2-1-3-5-9/h4,6-7H,1-3,5,8H2. The number of allylic oxidation sites excluding steroid dienone is 2. The topological polar surface area (TPSA) is 17.1 Å². The van der Waals surface area contributed by atoms with Crippen molar-refractivity contribution < 1.29 is 4.79 Å². The maximum absolute atomic E-state index is 11.9. The first kappa shape index (κ1) is 10.9. The summed E-state index contributed by atoms with van der Waals surface area (Å²) in [4.78, 5) is 11.9. The van der Waals surface area contributed by atoms with Gasteiger partial charge in [-0.1, -0.05) is 17.7 Å². The van der Waals surface area contributed by atoms with Crippen LogP contribution in [-0.2, 0) is 11.2 Å². The first-order chi connectivity index (χ1) is 7.27. The number of hydrogen-bond acceptors (Lipinski definition) is 2. The maximum atomic E-state index is 11.9. The largest absolute Gasteiger partial charge is 0.294 e. The molecule has 1 heterocycles. The lowest BCUT2D eigenvalue weighted by Crippen LogP contribution is -2.08. The van der Waals surface area contributed by atoms with Crippen molar-refractivity contribution in [1.82, 2.24) is 0 Å². The van der Waals surface area contributed by atoms with Crippen LogP contribution in [0.5, 0.6) is 0 Å². The van der Waals surface area contributed by atoms with Gasteiger partial charge in [0, 0.05) is 6.42 Å². The maximum Gasteiger partial charge on any atom is 0.162 e. The van der Waals surface area contributed by atoms with Crippen molar-refractivity contribution in [3.05, 3.63) is 33.0 Å². The smallest absolute Gasteiger partial charge is 0.162 e. The van der Waals surface area contributed by atoms with Gasteiger partial charge < -0.3 is 0 Å². The van der Waals surface area contributed by atoms with Crippen molar-refractivity contribution in [3.8, 4) is 0 Å². The van der Waals surface area contributed by atoms with Crippen molar-refractivity contribution >= 4 is 28.7 Å². The van der Waals surface area contributed by atoms with E-state index in [2.05, 4.69) is 6.08 Å². The van der Waals surface area contributed by atoms with E-state index in [1.54, 1.807) is 0 Å². The molecule has 0 bridgehead atoms. The lowest BCUT2D eigenvalue weighted by atomic mass is 9.94. The zero-order valence-corrected chi connectivity index (χ0v) is 10.0. The predicted octanol–water partition coefficient (Wildman–Crippen LogP) is 4.01. The minimum absolute atomic E-state index is 0.245.